The molecule has 182 valence electrons. The topological polar surface area (TPSA) is 125 Å². The van der Waals surface area contributed by atoms with Crippen LogP contribution in [0, 0.1) is 0 Å². The molecule has 0 aromatic heterocycles. The zero-order chi connectivity index (χ0) is 25.7. The summed E-state index contributed by atoms with van der Waals surface area (Å²) in [6.45, 7) is 0.684. The first-order valence-electron chi connectivity index (χ1n) is 10.1. The number of amides is 6. The van der Waals surface area contributed by atoms with Crippen LogP contribution in [0.2, 0.25) is 0 Å². The lowest BCUT2D eigenvalue weighted by Gasteiger charge is -2.22. The van der Waals surface area contributed by atoms with Gasteiger partial charge in [-0.3, -0.25) is 29.0 Å². The van der Waals surface area contributed by atoms with E-state index >= 15 is 0 Å². The Hall–Kier alpha value is -4.42. The summed E-state index contributed by atoms with van der Waals surface area (Å²) < 4.78 is 40.9. The molecule has 6 amide bonds. The number of fused-ring (bicyclic) bond motifs is 1. The van der Waals surface area contributed by atoms with Crippen LogP contribution in [0.3, 0.4) is 0 Å². The van der Waals surface area contributed by atoms with E-state index in [2.05, 4.69) is 15.4 Å². The van der Waals surface area contributed by atoms with E-state index in [0.717, 1.165) is 17.0 Å². The molecule has 1 saturated heterocycles. The van der Waals surface area contributed by atoms with Crippen LogP contribution in [0.15, 0.2) is 42.5 Å². The number of rotatable bonds is 5. The number of carbonyl (C=O) groups is 5. The lowest BCUT2D eigenvalue weighted by atomic mass is 9.92. The van der Waals surface area contributed by atoms with Crippen LogP contribution in [0.5, 0.6) is 5.75 Å². The third-order valence-corrected chi connectivity index (χ3v) is 5.62. The highest BCUT2D eigenvalue weighted by Crippen LogP contribution is 2.31. The van der Waals surface area contributed by atoms with Crippen molar-refractivity contribution in [3.63, 3.8) is 0 Å². The van der Waals surface area contributed by atoms with Gasteiger partial charge in [-0.05, 0) is 42.8 Å². The first kappa shape index (κ1) is 23.7. The molecule has 0 bridgehead atoms. The fraction of sp³-hybridized carbons (Fsp3) is 0.227. The van der Waals surface area contributed by atoms with Crippen LogP contribution in [0.1, 0.15) is 33.2 Å². The van der Waals surface area contributed by atoms with Gasteiger partial charge in [0.05, 0.1) is 11.1 Å². The molecular formula is C22H17F3N4O6. The third kappa shape index (κ3) is 4.27. The number of imide groups is 2. The number of nitrogens with zero attached hydrogens (tertiary/aromatic N) is 2. The Kier molecular flexibility index (Phi) is 5.50. The van der Waals surface area contributed by atoms with Gasteiger partial charge in [-0.2, -0.15) is 0 Å². The molecule has 35 heavy (non-hydrogen) atoms. The maximum atomic E-state index is 13.0. The SMILES string of the molecule is CN1C(=O)c2ccc(NC(=O)CN3C(=O)NC(C)(c4ccc(OC(F)(F)F)cc4)C3=O)cc2C1=O. The number of benzene rings is 2. The molecular weight excluding hydrogens is 473 g/mol. The molecule has 2 aliphatic heterocycles. The fourth-order valence-electron chi connectivity index (χ4n) is 3.81. The normalized spacial score (nSPS) is 19.7. The zero-order valence-corrected chi connectivity index (χ0v) is 18.2. The summed E-state index contributed by atoms with van der Waals surface area (Å²) in [7, 11) is 1.33. The molecule has 13 heteroatoms. The van der Waals surface area contributed by atoms with Gasteiger partial charge in [-0.15, -0.1) is 13.2 Å². The smallest absolute Gasteiger partial charge is 0.406 e. The third-order valence-electron chi connectivity index (χ3n) is 5.62. The summed E-state index contributed by atoms with van der Waals surface area (Å²) in [5.41, 5.74) is -0.971. The number of hydrogen-bond acceptors (Lipinski definition) is 6. The van der Waals surface area contributed by atoms with Crippen molar-refractivity contribution >= 4 is 35.3 Å². The number of halogens is 3. The van der Waals surface area contributed by atoms with Crippen LogP contribution in [0.4, 0.5) is 23.7 Å². The largest absolute Gasteiger partial charge is 0.573 e. The van der Waals surface area contributed by atoms with E-state index in [9.17, 15) is 37.1 Å². The van der Waals surface area contributed by atoms with Crippen LogP contribution in [-0.2, 0) is 15.1 Å². The minimum atomic E-state index is -4.88. The molecule has 0 saturated carbocycles. The van der Waals surface area contributed by atoms with Crippen LogP contribution in [0.25, 0.3) is 0 Å². The predicted molar refractivity (Wildman–Crippen MR) is 112 cm³/mol. The average Bonchev–Trinajstić information content (AvgIpc) is 3.13. The van der Waals surface area contributed by atoms with E-state index in [1.807, 2.05) is 0 Å². The maximum absolute atomic E-state index is 13.0. The van der Waals surface area contributed by atoms with Crippen LogP contribution in [-0.4, -0.2) is 59.4 Å². The van der Waals surface area contributed by atoms with E-state index < -0.39 is 53.9 Å². The molecule has 2 N–H and O–H groups in total. The van der Waals surface area contributed by atoms with Gasteiger partial charge in [0.15, 0.2) is 0 Å². The maximum Gasteiger partial charge on any atom is 0.573 e. The minimum Gasteiger partial charge on any atom is -0.406 e. The molecule has 2 aromatic rings. The Bertz CT molecular complexity index is 1280. The van der Waals surface area contributed by atoms with Crippen molar-refractivity contribution in [3.05, 3.63) is 59.2 Å². The molecule has 2 aliphatic rings. The highest BCUT2D eigenvalue weighted by atomic mass is 19.4. The lowest BCUT2D eigenvalue weighted by Crippen LogP contribution is -2.42. The Morgan fingerprint density at radius 3 is 2.29 bits per heavy atom. The van der Waals surface area contributed by atoms with Crippen molar-refractivity contribution < 1.29 is 41.9 Å². The van der Waals surface area contributed by atoms with Gasteiger partial charge < -0.3 is 15.4 Å². The number of ether oxygens (including phenoxy) is 1. The Morgan fingerprint density at radius 1 is 1.03 bits per heavy atom. The number of alkyl halides is 3. The molecule has 2 heterocycles. The van der Waals surface area contributed by atoms with Crippen molar-refractivity contribution in [1.82, 2.24) is 15.1 Å². The minimum absolute atomic E-state index is 0.107. The second-order valence-electron chi connectivity index (χ2n) is 8.00. The monoisotopic (exact) mass is 490 g/mol. The molecule has 1 atom stereocenters. The summed E-state index contributed by atoms with van der Waals surface area (Å²) in [4.78, 5) is 63.6. The molecule has 1 unspecified atom stereocenters. The summed E-state index contributed by atoms with van der Waals surface area (Å²) in [6, 6.07) is 7.62. The van der Waals surface area contributed by atoms with E-state index in [1.54, 1.807) is 0 Å². The van der Waals surface area contributed by atoms with Crippen molar-refractivity contribution in [1.29, 1.82) is 0 Å². The zero-order valence-electron chi connectivity index (χ0n) is 18.2. The van der Waals surface area contributed by atoms with Crippen LogP contribution >= 0.6 is 0 Å². The van der Waals surface area contributed by atoms with Crippen molar-refractivity contribution in [2.24, 2.45) is 0 Å². The van der Waals surface area contributed by atoms with Crippen molar-refractivity contribution in [2.75, 3.05) is 18.9 Å². The van der Waals surface area contributed by atoms with Gasteiger partial charge in [-0.25, -0.2) is 4.79 Å². The molecule has 2 aromatic carbocycles. The number of anilines is 1. The summed E-state index contributed by atoms with van der Waals surface area (Å²) in [5, 5.41) is 4.91. The second-order valence-corrected chi connectivity index (χ2v) is 8.00. The summed E-state index contributed by atoms with van der Waals surface area (Å²) in [5.74, 6) is -3.05. The highest BCUT2D eigenvalue weighted by molar-refractivity contribution is 6.21. The standard InChI is InChI=1S/C22H17F3N4O6/c1-21(11-3-6-13(7-4-11)35-22(23,24)25)19(33)29(20(34)27-21)10-16(30)26-12-5-8-14-15(9-12)18(32)28(2)17(14)31/h3-9H,10H2,1-2H3,(H,26,30)(H,27,34). The van der Waals surface area contributed by atoms with E-state index in [4.69, 9.17) is 0 Å². The molecule has 0 aliphatic carbocycles. The molecule has 0 radical (unpaired) electrons. The number of carbonyl (C=O) groups excluding carboxylic acids is 5. The Morgan fingerprint density at radius 2 is 1.66 bits per heavy atom. The quantitative estimate of drug-likeness (QED) is 0.489. The van der Waals surface area contributed by atoms with Gasteiger partial charge in [0, 0.05) is 12.7 Å². The van der Waals surface area contributed by atoms with E-state index in [1.165, 1.54) is 44.3 Å². The molecule has 1 fully saturated rings. The van der Waals surface area contributed by atoms with E-state index in [0.29, 0.717) is 4.90 Å². The lowest BCUT2D eigenvalue weighted by molar-refractivity contribution is -0.274. The Balaban J connectivity index is 1.46. The summed E-state index contributed by atoms with van der Waals surface area (Å²) >= 11 is 0. The average molecular weight is 490 g/mol. The fourth-order valence-corrected chi connectivity index (χ4v) is 3.81. The number of nitrogens with one attached hydrogen (secondary N) is 2. The van der Waals surface area contributed by atoms with Gasteiger partial charge in [0.2, 0.25) is 5.91 Å². The van der Waals surface area contributed by atoms with E-state index in [-0.39, 0.29) is 22.4 Å². The number of urea groups is 1. The van der Waals surface area contributed by atoms with Crippen molar-refractivity contribution in [2.45, 2.75) is 18.8 Å². The number of hydrogen-bond donors (Lipinski definition) is 2. The molecule has 0 spiro atoms. The first-order chi connectivity index (χ1) is 16.3. The van der Waals surface area contributed by atoms with Gasteiger partial charge in [0.25, 0.3) is 17.7 Å². The Labute approximate surface area is 195 Å². The van der Waals surface area contributed by atoms with Gasteiger partial charge >= 0.3 is 12.4 Å². The van der Waals surface area contributed by atoms with Crippen LogP contribution < -0.4 is 15.4 Å². The molecule has 4 rings (SSSR count). The highest BCUT2D eigenvalue weighted by Gasteiger charge is 2.49. The second kappa shape index (κ2) is 8.11. The van der Waals surface area contributed by atoms with Gasteiger partial charge in [0.1, 0.15) is 17.8 Å². The summed E-state index contributed by atoms with van der Waals surface area (Å²) in [6.07, 6.45) is -4.88. The first-order valence-corrected chi connectivity index (χ1v) is 10.1. The molecule has 10 nitrogen and oxygen atoms in total. The predicted octanol–water partition coefficient (Wildman–Crippen LogP) is 2.22. The van der Waals surface area contributed by atoms with Crippen molar-refractivity contribution in [3.8, 4) is 5.75 Å². The van der Waals surface area contributed by atoms with Gasteiger partial charge in [-0.1, -0.05) is 12.1 Å².